The zero-order valence-corrected chi connectivity index (χ0v) is 12.1. The van der Waals surface area contributed by atoms with Gasteiger partial charge < -0.3 is 20.8 Å². The van der Waals surface area contributed by atoms with Crippen molar-refractivity contribution in [1.29, 1.82) is 0 Å². The second-order valence-electron chi connectivity index (χ2n) is 5.23. The molecule has 0 aromatic heterocycles. The van der Waals surface area contributed by atoms with Crippen molar-refractivity contribution in [3.05, 3.63) is 22.7 Å². The Kier molecular flexibility index (Phi) is 4.40. The first-order valence-electron chi connectivity index (χ1n) is 6.65. The number of carboxylic acid groups (broad SMARTS) is 1. The second kappa shape index (κ2) is 5.89. The van der Waals surface area contributed by atoms with E-state index >= 15 is 0 Å². The fourth-order valence-electron chi connectivity index (χ4n) is 2.85. The van der Waals surface area contributed by atoms with Gasteiger partial charge in [0.15, 0.2) is 0 Å². The van der Waals surface area contributed by atoms with Crippen LogP contribution in [0.1, 0.15) is 36.0 Å². The Hall–Kier alpha value is -1.46. The largest absolute Gasteiger partial charge is 0.478 e. The molecule has 1 aliphatic rings. The third kappa shape index (κ3) is 2.83. The van der Waals surface area contributed by atoms with E-state index in [0.29, 0.717) is 16.4 Å². The zero-order chi connectivity index (χ0) is 14.9. The van der Waals surface area contributed by atoms with Crippen molar-refractivity contribution in [3.63, 3.8) is 0 Å². The Morgan fingerprint density at radius 1 is 1.40 bits per heavy atom. The molecule has 0 amide bonds. The number of aromatic carboxylic acids is 1. The van der Waals surface area contributed by atoms with Gasteiger partial charge in [-0.05, 0) is 25.0 Å². The van der Waals surface area contributed by atoms with Crippen LogP contribution in [0.2, 0.25) is 5.02 Å². The summed E-state index contributed by atoms with van der Waals surface area (Å²) >= 11 is 6.17. The number of benzene rings is 1. The van der Waals surface area contributed by atoms with Gasteiger partial charge in [-0.3, -0.25) is 0 Å². The Balaban J connectivity index is 2.42. The number of hydrogen-bond acceptors (Lipinski definition) is 4. The van der Waals surface area contributed by atoms with Crippen LogP contribution in [0.5, 0.6) is 0 Å². The highest BCUT2D eigenvalue weighted by Gasteiger charge is 2.30. The molecule has 0 heterocycles. The normalized spacial score (nSPS) is 22.6. The van der Waals surface area contributed by atoms with Gasteiger partial charge in [0.25, 0.3) is 0 Å². The van der Waals surface area contributed by atoms with Crippen molar-refractivity contribution in [2.24, 2.45) is 0 Å². The number of hydrogen-bond donors (Lipinski definition) is 3. The zero-order valence-electron chi connectivity index (χ0n) is 11.3. The van der Waals surface area contributed by atoms with Crippen LogP contribution in [0.15, 0.2) is 12.1 Å². The van der Waals surface area contributed by atoms with E-state index in [1.54, 1.807) is 11.9 Å². The Labute approximate surface area is 122 Å². The summed E-state index contributed by atoms with van der Waals surface area (Å²) < 4.78 is 0. The number of halogens is 1. The first-order chi connectivity index (χ1) is 9.41. The smallest absolute Gasteiger partial charge is 0.337 e. The average Bonchev–Trinajstić information content (AvgIpc) is 2.37. The second-order valence-corrected chi connectivity index (χ2v) is 5.64. The maximum absolute atomic E-state index is 11.4. The van der Waals surface area contributed by atoms with Gasteiger partial charge in [-0.2, -0.15) is 0 Å². The fourth-order valence-corrected chi connectivity index (χ4v) is 3.21. The van der Waals surface area contributed by atoms with Gasteiger partial charge in [0.2, 0.25) is 0 Å². The molecule has 2 rings (SSSR count). The molecule has 0 spiro atoms. The van der Waals surface area contributed by atoms with Crippen molar-refractivity contribution in [3.8, 4) is 0 Å². The summed E-state index contributed by atoms with van der Waals surface area (Å²) in [6.45, 7) is 0. The molecule has 6 heteroatoms. The summed E-state index contributed by atoms with van der Waals surface area (Å²) in [6, 6.07) is 2.81. The van der Waals surface area contributed by atoms with Crippen molar-refractivity contribution in [2.45, 2.75) is 37.8 Å². The SMILES string of the molecule is CN(c1c(Cl)cc(N)cc1C(=O)O)C1CCCCC1O. The van der Waals surface area contributed by atoms with Gasteiger partial charge in [0.1, 0.15) is 0 Å². The number of anilines is 2. The van der Waals surface area contributed by atoms with Crippen LogP contribution in [0.4, 0.5) is 11.4 Å². The van der Waals surface area contributed by atoms with Gasteiger partial charge >= 0.3 is 5.97 Å². The molecule has 2 unspecified atom stereocenters. The van der Waals surface area contributed by atoms with Crippen LogP contribution < -0.4 is 10.6 Å². The van der Waals surface area contributed by atoms with E-state index in [0.717, 1.165) is 25.7 Å². The predicted molar refractivity (Wildman–Crippen MR) is 79.5 cm³/mol. The number of nitrogens with zero attached hydrogens (tertiary/aromatic N) is 1. The summed E-state index contributed by atoms with van der Waals surface area (Å²) in [6.07, 6.45) is 3.08. The lowest BCUT2D eigenvalue weighted by molar-refractivity contribution is 0.0695. The highest BCUT2D eigenvalue weighted by molar-refractivity contribution is 6.34. The fraction of sp³-hybridized carbons (Fsp3) is 0.500. The Morgan fingerprint density at radius 2 is 2.05 bits per heavy atom. The monoisotopic (exact) mass is 298 g/mol. The van der Waals surface area contributed by atoms with Crippen LogP contribution >= 0.6 is 11.6 Å². The molecule has 1 aromatic carbocycles. The topological polar surface area (TPSA) is 86.8 Å². The number of carbonyl (C=O) groups is 1. The highest BCUT2D eigenvalue weighted by atomic mass is 35.5. The van der Waals surface area contributed by atoms with E-state index in [1.807, 2.05) is 0 Å². The summed E-state index contributed by atoms with van der Waals surface area (Å²) in [5.41, 5.74) is 6.45. The molecule has 0 radical (unpaired) electrons. The molecule has 5 nitrogen and oxygen atoms in total. The third-order valence-electron chi connectivity index (χ3n) is 3.86. The number of aliphatic hydroxyl groups is 1. The van der Waals surface area contributed by atoms with Crippen LogP contribution in [0.3, 0.4) is 0 Å². The third-order valence-corrected chi connectivity index (χ3v) is 4.15. The highest BCUT2D eigenvalue weighted by Crippen LogP contribution is 2.35. The minimum Gasteiger partial charge on any atom is -0.478 e. The lowest BCUT2D eigenvalue weighted by Crippen LogP contribution is -2.44. The van der Waals surface area contributed by atoms with E-state index in [1.165, 1.54) is 12.1 Å². The van der Waals surface area contributed by atoms with E-state index in [9.17, 15) is 15.0 Å². The Morgan fingerprint density at radius 3 is 2.65 bits per heavy atom. The van der Waals surface area contributed by atoms with Gasteiger partial charge in [0.05, 0.1) is 28.4 Å². The predicted octanol–water partition coefficient (Wildman–Crippen LogP) is 2.36. The summed E-state index contributed by atoms with van der Waals surface area (Å²) in [5.74, 6) is -1.08. The van der Waals surface area contributed by atoms with E-state index in [4.69, 9.17) is 17.3 Å². The first kappa shape index (κ1) is 14.9. The van der Waals surface area contributed by atoms with E-state index < -0.39 is 12.1 Å². The summed E-state index contributed by atoms with van der Waals surface area (Å²) in [4.78, 5) is 13.2. The lowest BCUT2D eigenvalue weighted by Gasteiger charge is -2.37. The number of nitrogens with two attached hydrogens (primary N) is 1. The molecule has 1 aromatic rings. The quantitative estimate of drug-likeness (QED) is 0.746. The molecule has 2 atom stereocenters. The summed E-state index contributed by atoms with van der Waals surface area (Å²) in [7, 11) is 1.77. The number of nitrogen functional groups attached to an aromatic ring is 1. The van der Waals surface area contributed by atoms with Crippen LogP contribution in [0.25, 0.3) is 0 Å². The standard InChI is InChI=1S/C14H19ClN2O3/c1-17(11-4-2-3-5-12(11)18)13-9(14(19)20)6-8(16)7-10(13)15/h6-7,11-12,18H,2-5,16H2,1H3,(H,19,20). The molecular weight excluding hydrogens is 280 g/mol. The molecule has 20 heavy (non-hydrogen) atoms. The first-order valence-corrected chi connectivity index (χ1v) is 7.03. The Bertz CT molecular complexity index is 521. The molecule has 0 saturated heterocycles. The molecular formula is C14H19ClN2O3. The number of aliphatic hydroxyl groups excluding tert-OH is 1. The van der Waals surface area contributed by atoms with Crippen molar-refractivity contribution < 1.29 is 15.0 Å². The molecule has 1 saturated carbocycles. The maximum Gasteiger partial charge on any atom is 0.337 e. The van der Waals surface area contributed by atoms with Crippen molar-refractivity contribution >= 4 is 28.9 Å². The van der Waals surface area contributed by atoms with Crippen LogP contribution in [-0.2, 0) is 0 Å². The van der Waals surface area contributed by atoms with E-state index in [2.05, 4.69) is 0 Å². The van der Waals surface area contributed by atoms with Gasteiger partial charge in [-0.1, -0.05) is 24.4 Å². The molecule has 1 fully saturated rings. The molecule has 0 aliphatic heterocycles. The number of rotatable bonds is 3. The minimum atomic E-state index is -1.08. The minimum absolute atomic E-state index is 0.0651. The molecule has 110 valence electrons. The number of likely N-dealkylation sites (N-methyl/N-ethyl adjacent to an activating group) is 1. The van der Waals surface area contributed by atoms with Gasteiger partial charge in [0, 0.05) is 12.7 Å². The molecule has 1 aliphatic carbocycles. The van der Waals surface area contributed by atoms with Crippen LogP contribution in [-0.4, -0.2) is 35.4 Å². The maximum atomic E-state index is 11.4. The van der Waals surface area contributed by atoms with Crippen molar-refractivity contribution in [2.75, 3.05) is 17.7 Å². The molecule has 0 bridgehead atoms. The summed E-state index contributed by atoms with van der Waals surface area (Å²) in [5, 5.41) is 19.7. The number of carboxylic acids is 1. The average molecular weight is 299 g/mol. The van der Waals surface area contributed by atoms with Crippen LogP contribution in [0, 0.1) is 0 Å². The lowest BCUT2D eigenvalue weighted by atomic mass is 9.91. The van der Waals surface area contributed by atoms with E-state index in [-0.39, 0.29) is 11.6 Å². The molecule has 4 N–H and O–H groups in total. The van der Waals surface area contributed by atoms with Gasteiger partial charge in [-0.25, -0.2) is 4.79 Å². The van der Waals surface area contributed by atoms with Crippen molar-refractivity contribution in [1.82, 2.24) is 0 Å². The van der Waals surface area contributed by atoms with Gasteiger partial charge in [-0.15, -0.1) is 0 Å².